The molecule has 0 spiro atoms. The molecule has 0 aliphatic carbocycles. The molecule has 1 aliphatic heterocycles. The van der Waals surface area contributed by atoms with E-state index in [0.29, 0.717) is 30.3 Å². The summed E-state index contributed by atoms with van der Waals surface area (Å²) in [4.78, 5) is 35.0. The summed E-state index contributed by atoms with van der Waals surface area (Å²) in [7, 11) is 0. The number of nitrogens with zero attached hydrogens (tertiary/aromatic N) is 3. The Morgan fingerprint density at radius 3 is 2.69 bits per heavy atom. The fraction of sp³-hybridized carbons (Fsp3) is 0.238. The highest BCUT2D eigenvalue weighted by molar-refractivity contribution is 6.00. The number of nitrogens with one attached hydrogen (secondary N) is 1. The number of pyridine rings is 1. The Labute approximate surface area is 167 Å². The number of rotatable bonds is 5. The summed E-state index contributed by atoms with van der Waals surface area (Å²) >= 11 is 0. The zero-order valence-electron chi connectivity index (χ0n) is 15.7. The second-order valence-corrected chi connectivity index (χ2v) is 6.67. The molecule has 1 fully saturated rings. The lowest BCUT2D eigenvalue weighted by molar-refractivity contribution is -0.121. The molecule has 4 rings (SSSR count). The van der Waals surface area contributed by atoms with E-state index >= 15 is 0 Å². The Kier molecular flexibility index (Phi) is 5.51. The molecule has 2 amide bonds. The average Bonchev–Trinajstić information content (AvgIpc) is 3.30. The maximum atomic E-state index is 12.8. The summed E-state index contributed by atoms with van der Waals surface area (Å²) in [6.07, 6.45) is 6.41. The second-order valence-electron chi connectivity index (χ2n) is 6.67. The number of aromatic nitrogens is 2. The van der Waals surface area contributed by atoms with Crippen LogP contribution in [0.1, 0.15) is 29.8 Å². The Hall–Kier alpha value is -3.68. The van der Waals surface area contributed by atoms with Crippen LogP contribution < -0.4 is 10.1 Å². The number of hydrogen-bond acceptors (Lipinski definition) is 6. The third-order valence-corrected chi connectivity index (χ3v) is 4.68. The van der Waals surface area contributed by atoms with Gasteiger partial charge in [-0.2, -0.15) is 0 Å². The molecular formula is C21H20N4O4. The van der Waals surface area contributed by atoms with Crippen LogP contribution in [0, 0.1) is 0 Å². The van der Waals surface area contributed by atoms with Gasteiger partial charge in [0.15, 0.2) is 6.39 Å². The number of amides is 2. The molecule has 1 aromatic carbocycles. The first kappa shape index (κ1) is 18.7. The van der Waals surface area contributed by atoms with Crippen LogP contribution in [0.15, 0.2) is 65.7 Å². The molecule has 8 nitrogen and oxygen atoms in total. The highest BCUT2D eigenvalue weighted by Gasteiger charge is 2.33. The summed E-state index contributed by atoms with van der Waals surface area (Å²) in [6.45, 7) is 0.500. The van der Waals surface area contributed by atoms with Gasteiger partial charge in [0.05, 0.1) is 18.1 Å². The van der Waals surface area contributed by atoms with E-state index in [1.165, 1.54) is 18.8 Å². The van der Waals surface area contributed by atoms with Crippen molar-refractivity contribution in [3.63, 3.8) is 0 Å². The first-order chi connectivity index (χ1) is 14.2. The van der Waals surface area contributed by atoms with E-state index in [0.717, 1.165) is 12.8 Å². The van der Waals surface area contributed by atoms with E-state index in [-0.39, 0.29) is 17.6 Å². The summed E-state index contributed by atoms with van der Waals surface area (Å²) < 4.78 is 10.8. The number of oxazole rings is 1. The highest BCUT2D eigenvalue weighted by atomic mass is 16.5. The Bertz CT molecular complexity index is 958. The lowest BCUT2D eigenvalue weighted by Gasteiger charge is -2.34. The highest BCUT2D eigenvalue weighted by Crippen LogP contribution is 2.23. The molecule has 1 aliphatic rings. The number of hydrogen-bond donors (Lipinski definition) is 1. The zero-order valence-corrected chi connectivity index (χ0v) is 15.7. The molecule has 1 atom stereocenters. The van der Waals surface area contributed by atoms with E-state index in [9.17, 15) is 9.59 Å². The molecule has 0 bridgehead atoms. The van der Waals surface area contributed by atoms with Crippen LogP contribution in [0.4, 0.5) is 5.69 Å². The number of benzene rings is 1. The van der Waals surface area contributed by atoms with Crippen LogP contribution in [-0.2, 0) is 4.79 Å². The summed E-state index contributed by atoms with van der Waals surface area (Å²) in [5.41, 5.74) is 0.535. The van der Waals surface area contributed by atoms with Gasteiger partial charge in [-0.05, 0) is 37.5 Å². The molecule has 8 heteroatoms. The van der Waals surface area contributed by atoms with Crippen molar-refractivity contribution in [3.05, 3.63) is 67.0 Å². The third kappa shape index (κ3) is 4.43. The minimum Gasteiger partial charge on any atom is -0.439 e. The topological polar surface area (TPSA) is 97.6 Å². The van der Waals surface area contributed by atoms with Gasteiger partial charge in [-0.25, -0.2) is 9.97 Å². The second kappa shape index (κ2) is 8.55. The number of ether oxygens (including phenoxy) is 1. The van der Waals surface area contributed by atoms with Gasteiger partial charge in [0.25, 0.3) is 5.91 Å². The number of para-hydroxylation sites is 1. The number of piperidine rings is 1. The molecule has 1 N–H and O–H groups in total. The van der Waals surface area contributed by atoms with Gasteiger partial charge in [-0.3, -0.25) is 9.59 Å². The van der Waals surface area contributed by atoms with Gasteiger partial charge in [-0.1, -0.05) is 18.2 Å². The van der Waals surface area contributed by atoms with Gasteiger partial charge in [0.1, 0.15) is 11.8 Å². The van der Waals surface area contributed by atoms with Crippen molar-refractivity contribution in [1.29, 1.82) is 0 Å². The molecule has 148 valence electrons. The molecule has 0 unspecified atom stereocenters. The van der Waals surface area contributed by atoms with Crippen LogP contribution in [-0.4, -0.2) is 39.3 Å². The molecule has 1 saturated heterocycles. The first-order valence-electron chi connectivity index (χ1n) is 9.40. The van der Waals surface area contributed by atoms with Crippen molar-refractivity contribution in [3.8, 4) is 11.6 Å². The number of carbonyl (C=O) groups excluding carboxylic acids is 2. The Morgan fingerprint density at radius 2 is 1.97 bits per heavy atom. The largest absolute Gasteiger partial charge is 0.439 e. The Morgan fingerprint density at radius 1 is 1.10 bits per heavy atom. The van der Waals surface area contributed by atoms with Gasteiger partial charge in [0, 0.05) is 12.6 Å². The fourth-order valence-electron chi connectivity index (χ4n) is 3.26. The SMILES string of the molecule is O=C(Nc1ccc(Oc2ccccc2)nc1)[C@H]1CCCCN1C(=O)c1cnco1. The predicted octanol–water partition coefficient (Wildman–Crippen LogP) is 3.50. The van der Waals surface area contributed by atoms with E-state index < -0.39 is 6.04 Å². The predicted molar refractivity (Wildman–Crippen MR) is 105 cm³/mol. The lowest BCUT2D eigenvalue weighted by Crippen LogP contribution is -2.49. The van der Waals surface area contributed by atoms with E-state index in [4.69, 9.17) is 9.15 Å². The Balaban J connectivity index is 1.41. The minimum atomic E-state index is -0.568. The van der Waals surface area contributed by atoms with Crippen molar-refractivity contribution >= 4 is 17.5 Å². The fourth-order valence-corrected chi connectivity index (χ4v) is 3.26. The van der Waals surface area contributed by atoms with Gasteiger partial charge in [-0.15, -0.1) is 0 Å². The van der Waals surface area contributed by atoms with Crippen molar-refractivity contribution in [2.24, 2.45) is 0 Å². The van der Waals surface area contributed by atoms with Crippen molar-refractivity contribution in [1.82, 2.24) is 14.9 Å². The van der Waals surface area contributed by atoms with Crippen molar-refractivity contribution < 1.29 is 18.7 Å². The van der Waals surface area contributed by atoms with Crippen LogP contribution >= 0.6 is 0 Å². The smallest absolute Gasteiger partial charge is 0.291 e. The van der Waals surface area contributed by atoms with Gasteiger partial charge >= 0.3 is 0 Å². The molecule has 3 aromatic rings. The molecular weight excluding hydrogens is 372 g/mol. The van der Waals surface area contributed by atoms with Gasteiger partial charge < -0.3 is 19.4 Å². The zero-order chi connectivity index (χ0) is 20.1. The monoisotopic (exact) mass is 392 g/mol. The van der Waals surface area contributed by atoms with E-state index in [1.807, 2.05) is 30.3 Å². The van der Waals surface area contributed by atoms with E-state index in [1.54, 1.807) is 17.0 Å². The molecule has 2 aromatic heterocycles. The normalized spacial score (nSPS) is 16.3. The molecule has 29 heavy (non-hydrogen) atoms. The van der Waals surface area contributed by atoms with Crippen LogP contribution in [0.2, 0.25) is 0 Å². The van der Waals surface area contributed by atoms with Crippen LogP contribution in [0.3, 0.4) is 0 Å². The maximum Gasteiger partial charge on any atom is 0.291 e. The van der Waals surface area contributed by atoms with Crippen molar-refractivity contribution in [2.45, 2.75) is 25.3 Å². The standard InChI is InChI=1S/C21H20N4O4/c26-20(17-8-4-5-11-25(17)21(27)18-13-22-14-28-18)24-15-9-10-19(23-12-15)29-16-6-2-1-3-7-16/h1-3,6-7,9-10,12-14,17H,4-5,8,11H2,(H,24,26)/t17-/m1/s1. The average molecular weight is 392 g/mol. The lowest BCUT2D eigenvalue weighted by atomic mass is 10.0. The van der Waals surface area contributed by atoms with Gasteiger partial charge in [0.2, 0.25) is 17.5 Å². The summed E-state index contributed by atoms with van der Waals surface area (Å²) in [5, 5.41) is 2.84. The first-order valence-corrected chi connectivity index (χ1v) is 9.40. The third-order valence-electron chi connectivity index (χ3n) is 4.68. The maximum absolute atomic E-state index is 12.8. The van der Waals surface area contributed by atoms with Crippen LogP contribution in [0.25, 0.3) is 0 Å². The quantitative estimate of drug-likeness (QED) is 0.714. The molecule has 3 heterocycles. The van der Waals surface area contributed by atoms with Crippen LogP contribution in [0.5, 0.6) is 11.6 Å². The minimum absolute atomic E-state index is 0.133. The molecule has 0 saturated carbocycles. The molecule has 0 radical (unpaired) electrons. The van der Waals surface area contributed by atoms with Crippen molar-refractivity contribution in [2.75, 3.05) is 11.9 Å². The number of carbonyl (C=O) groups is 2. The number of anilines is 1. The number of likely N-dealkylation sites (tertiary alicyclic amines) is 1. The van der Waals surface area contributed by atoms with E-state index in [2.05, 4.69) is 15.3 Å². The summed E-state index contributed by atoms with van der Waals surface area (Å²) in [5.74, 6) is 0.659. The summed E-state index contributed by atoms with van der Waals surface area (Å²) in [6, 6.07) is 12.2.